The van der Waals surface area contributed by atoms with Crippen LogP contribution in [-0.4, -0.2) is 42.9 Å². The lowest BCUT2D eigenvalue weighted by Gasteiger charge is -2.13. The van der Waals surface area contributed by atoms with Crippen molar-refractivity contribution in [1.82, 2.24) is 4.90 Å². The summed E-state index contributed by atoms with van der Waals surface area (Å²) in [5, 5.41) is -0.380. The predicted octanol–water partition coefficient (Wildman–Crippen LogP) is 3.96. The van der Waals surface area contributed by atoms with E-state index in [2.05, 4.69) is 5.92 Å². The van der Waals surface area contributed by atoms with Crippen molar-refractivity contribution in [2.75, 3.05) is 26.9 Å². The van der Waals surface area contributed by atoms with Crippen LogP contribution in [0.4, 0.5) is 9.18 Å². The van der Waals surface area contributed by atoms with E-state index in [0.717, 1.165) is 16.7 Å². The third-order valence-corrected chi connectivity index (χ3v) is 4.97. The molecule has 0 aliphatic carbocycles. The number of thioether (sulfide) groups is 1. The van der Waals surface area contributed by atoms with E-state index in [1.54, 1.807) is 24.3 Å². The molecule has 2 amide bonds. The number of ether oxygens (including phenoxy) is 3. The molecule has 1 aliphatic rings. The highest BCUT2D eigenvalue weighted by molar-refractivity contribution is 8.18. The van der Waals surface area contributed by atoms with Crippen LogP contribution in [0.15, 0.2) is 47.4 Å². The van der Waals surface area contributed by atoms with Gasteiger partial charge in [0, 0.05) is 0 Å². The van der Waals surface area contributed by atoms with Crippen molar-refractivity contribution >= 4 is 29.0 Å². The van der Waals surface area contributed by atoms with Gasteiger partial charge in [0.1, 0.15) is 24.8 Å². The van der Waals surface area contributed by atoms with Gasteiger partial charge in [-0.2, -0.15) is 0 Å². The van der Waals surface area contributed by atoms with Gasteiger partial charge >= 0.3 is 0 Å². The fourth-order valence-corrected chi connectivity index (χ4v) is 3.51. The first-order chi connectivity index (χ1) is 14.5. The Morgan fingerprint density at radius 3 is 2.60 bits per heavy atom. The van der Waals surface area contributed by atoms with Crippen molar-refractivity contribution in [3.63, 3.8) is 0 Å². The highest BCUT2D eigenvalue weighted by Crippen LogP contribution is 2.34. The summed E-state index contributed by atoms with van der Waals surface area (Å²) >= 11 is 0.851. The van der Waals surface area contributed by atoms with Crippen molar-refractivity contribution in [3.8, 4) is 29.6 Å². The number of imide groups is 1. The van der Waals surface area contributed by atoms with Crippen molar-refractivity contribution in [2.45, 2.75) is 0 Å². The second-order valence-electron chi connectivity index (χ2n) is 6.04. The molecule has 1 fully saturated rings. The molecule has 0 radical (unpaired) electrons. The van der Waals surface area contributed by atoms with Crippen molar-refractivity contribution in [2.24, 2.45) is 0 Å². The van der Waals surface area contributed by atoms with E-state index in [4.69, 9.17) is 20.6 Å². The second kappa shape index (κ2) is 9.85. The maximum absolute atomic E-state index is 12.9. The number of hydrogen-bond donors (Lipinski definition) is 0. The predicted molar refractivity (Wildman–Crippen MR) is 112 cm³/mol. The molecule has 2 aromatic rings. The molecule has 0 atom stereocenters. The van der Waals surface area contributed by atoms with Crippen molar-refractivity contribution in [3.05, 3.63) is 58.8 Å². The molecule has 1 saturated heterocycles. The van der Waals surface area contributed by atoms with E-state index in [0.29, 0.717) is 27.7 Å². The largest absolute Gasteiger partial charge is 0.493 e. The number of hydrogen-bond acceptors (Lipinski definition) is 6. The van der Waals surface area contributed by atoms with Gasteiger partial charge in [0.25, 0.3) is 11.1 Å². The average molecular weight is 427 g/mol. The Labute approximate surface area is 177 Å². The molecular formula is C22H18FNO5S. The quantitative estimate of drug-likeness (QED) is 0.469. The number of terminal acetylenes is 1. The van der Waals surface area contributed by atoms with Gasteiger partial charge in [-0.1, -0.05) is 12.0 Å². The summed E-state index contributed by atoms with van der Waals surface area (Å²) in [7, 11) is 1.50. The van der Waals surface area contributed by atoms with E-state index in [1.165, 1.54) is 31.4 Å². The van der Waals surface area contributed by atoms with E-state index in [1.807, 2.05) is 0 Å². The lowest BCUT2D eigenvalue weighted by atomic mass is 10.2. The molecule has 0 saturated carbocycles. The third kappa shape index (κ3) is 5.13. The summed E-state index contributed by atoms with van der Waals surface area (Å²) in [5.74, 6) is 3.01. The lowest BCUT2D eigenvalue weighted by Crippen LogP contribution is -2.32. The zero-order chi connectivity index (χ0) is 21.5. The lowest BCUT2D eigenvalue weighted by molar-refractivity contribution is -0.123. The van der Waals surface area contributed by atoms with E-state index >= 15 is 0 Å². The summed E-state index contributed by atoms with van der Waals surface area (Å²) in [6, 6.07) is 10.6. The molecule has 6 nitrogen and oxygen atoms in total. The first kappa shape index (κ1) is 21.3. The number of carbonyl (C=O) groups is 2. The van der Waals surface area contributed by atoms with Gasteiger partial charge in [-0.15, -0.1) is 6.42 Å². The number of carbonyl (C=O) groups excluding carboxylic acids is 2. The summed E-state index contributed by atoms with van der Waals surface area (Å²) in [6.45, 7) is 0.294. The van der Waals surface area contributed by atoms with Gasteiger partial charge in [-0.3, -0.25) is 14.5 Å². The first-order valence-electron chi connectivity index (χ1n) is 8.90. The summed E-state index contributed by atoms with van der Waals surface area (Å²) in [4.78, 5) is 26.2. The molecule has 30 heavy (non-hydrogen) atoms. The van der Waals surface area contributed by atoms with Crippen molar-refractivity contribution < 1.29 is 28.2 Å². The van der Waals surface area contributed by atoms with Crippen LogP contribution in [0.5, 0.6) is 17.2 Å². The molecule has 2 aromatic carbocycles. The molecule has 154 valence electrons. The first-order valence-corrected chi connectivity index (χ1v) is 9.71. The average Bonchev–Trinajstić information content (AvgIpc) is 3.01. The standard InChI is InChI=1S/C22H18FNO5S/c1-3-11-29-18-9-4-15(13-19(18)27-2)14-20-21(25)24(22(26)30-20)10-12-28-17-7-5-16(23)6-8-17/h1,4-9,13-14H,10-12H2,2H3/b20-14-. The summed E-state index contributed by atoms with van der Waals surface area (Å²) in [6.07, 6.45) is 6.81. The van der Waals surface area contributed by atoms with Gasteiger partial charge in [0.05, 0.1) is 18.6 Å². The fraction of sp³-hybridized carbons (Fsp3) is 0.182. The van der Waals surface area contributed by atoms with Crippen LogP contribution in [-0.2, 0) is 4.79 Å². The molecule has 0 unspecified atom stereocenters. The molecule has 8 heteroatoms. The summed E-state index contributed by atoms with van der Waals surface area (Å²) in [5.41, 5.74) is 0.674. The normalized spacial score (nSPS) is 14.7. The minimum absolute atomic E-state index is 0.0849. The number of amides is 2. The topological polar surface area (TPSA) is 65.1 Å². The van der Waals surface area contributed by atoms with Gasteiger partial charge in [-0.25, -0.2) is 4.39 Å². The van der Waals surface area contributed by atoms with Crippen molar-refractivity contribution in [1.29, 1.82) is 0 Å². The minimum atomic E-state index is -0.403. The molecular weight excluding hydrogens is 409 g/mol. The second-order valence-corrected chi connectivity index (χ2v) is 7.03. The number of halogens is 1. The molecule has 0 bridgehead atoms. The Hall–Kier alpha value is -3.44. The zero-order valence-electron chi connectivity index (χ0n) is 16.1. The van der Waals surface area contributed by atoms with E-state index in [-0.39, 0.29) is 30.8 Å². The van der Waals surface area contributed by atoms with Crippen LogP contribution < -0.4 is 14.2 Å². The number of nitrogens with zero attached hydrogens (tertiary/aromatic N) is 1. The van der Waals surface area contributed by atoms with Gasteiger partial charge in [-0.05, 0) is 59.8 Å². The molecule has 1 heterocycles. The van der Waals surface area contributed by atoms with Gasteiger partial charge in [0.2, 0.25) is 0 Å². The van der Waals surface area contributed by atoms with Crippen LogP contribution in [0.1, 0.15) is 5.56 Å². The summed E-state index contributed by atoms with van der Waals surface area (Å²) < 4.78 is 29.1. The fourth-order valence-electron chi connectivity index (χ4n) is 2.64. The van der Waals surface area contributed by atoms with Crippen LogP contribution in [0.25, 0.3) is 6.08 Å². The van der Waals surface area contributed by atoms with Gasteiger partial charge < -0.3 is 14.2 Å². The van der Waals surface area contributed by atoms with Crippen LogP contribution in [0.2, 0.25) is 0 Å². The Kier molecular flexibility index (Phi) is 6.99. The molecule has 0 aromatic heterocycles. The molecule has 0 N–H and O–H groups in total. The van der Waals surface area contributed by atoms with Crippen LogP contribution in [0.3, 0.4) is 0 Å². The van der Waals surface area contributed by atoms with E-state index in [9.17, 15) is 14.0 Å². The van der Waals surface area contributed by atoms with Crippen LogP contribution in [0, 0.1) is 18.2 Å². The number of rotatable bonds is 8. The van der Waals surface area contributed by atoms with E-state index < -0.39 is 5.91 Å². The van der Waals surface area contributed by atoms with Crippen LogP contribution >= 0.6 is 11.8 Å². The Bertz CT molecular complexity index is 1010. The molecule has 1 aliphatic heterocycles. The SMILES string of the molecule is C#CCOc1ccc(/C=C2\SC(=O)N(CCOc3ccc(F)cc3)C2=O)cc1OC. The Morgan fingerprint density at radius 1 is 1.13 bits per heavy atom. The highest BCUT2D eigenvalue weighted by atomic mass is 32.2. The smallest absolute Gasteiger partial charge is 0.293 e. The number of benzene rings is 2. The Balaban J connectivity index is 1.65. The Morgan fingerprint density at radius 2 is 1.90 bits per heavy atom. The monoisotopic (exact) mass is 427 g/mol. The number of methoxy groups -OCH3 is 1. The third-order valence-electron chi connectivity index (χ3n) is 4.07. The molecule has 3 rings (SSSR count). The zero-order valence-corrected chi connectivity index (χ0v) is 16.9. The maximum atomic E-state index is 12.9. The van der Waals surface area contributed by atoms with Gasteiger partial charge in [0.15, 0.2) is 11.5 Å². The maximum Gasteiger partial charge on any atom is 0.293 e. The highest BCUT2D eigenvalue weighted by Gasteiger charge is 2.34. The minimum Gasteiger partial charge on any atom is -0.493 e. The molecule has 0 spiro atoms.